The normalized spacial score (nSPS) is 14.5. The molecule has 8 nitrogen and oxygen atoms in total. The molecule has 3 aromatic carbocycles. The average molecular weight is 616 g/mol. The third-order valence-corrected chi connectivity index (χ3v) is 6.20. The first-order valence-corrected chi connectivity index (χ1v) is 12.3. The van der Waals surface area contributed by atoms with Gasteiger partial charge in [0.05, 0.1) is 23.0 Å². The van der Waals surface area contributed by atoms with Crippen molar-refractivity contribution in [3.8, 4) is 17.2 Å². The standard InChI is InChI=1S/C27H22FIN2O6/c1-3-36-19-10-8-18(9-11-19)31-26(33)20(25(32)30-27(31)34)12-16-13-22(29)24(23(14-16)35-2)37-15-17-6-4-5-7-21(17)28/h4-14H,3,15H2,1-2H3,(H,30,32,34)/b20-12+. The Morgan fingerprint density at radius 1 is 1.03 bits per heavy atom. The van der Waals surface area contributed by atoms with Gasteiger partial charge in [-0.1, -0.05) is 18.2 Å². The topological polar surface area (TPSA) is 94.2 Å². The van der Waals surface area contributed by atoms with Crippen molar-refractivity contribution in [2.75, 3.05) is 18.6 Å². The summed E-state index contributed by atoms with van der Waals surface area (Å²) in [5, 5.41) is 2.20. The van der Waals surface area contributed by atoms with E-state index in [1.165, 1.54) is 19.3 Å². The van der Waals surface area contributed by atoms with Crippen molar-refractivity contribution in [1.82, 2.24) is 5.32 Å². The molecule has 10 heteroatoms. The quantitative estimate of drug-likeness (QED) is 0.216. The van der Waals surface area contributed by atoms with Gasteiger partial charge in [-0.05, 0) is 83.6 Å². The van der Waals surface area contributed by atoms with Crippen LogP contribution in [0, 0.1) is 9.39 Å². The fourth-order valence-corrected chi connectivity index (χ4v) is 4.43. The van der Waals surface area contributed by atoms with Crippen LogP contribution in [0.15, 0.2) is 66.2 Å². The van der Waals surface area contributed by atoms with Gasteiger partial charge < -0.3 is 14.2 Å². The van der Waals surface area contributed by atoms with E-state index >= 15 is 0 Å². The number of imide groups is 2. The molecule has 1 aliphatic heterocycles. The van der Waals surface area contributed by atoms with Crippen molar-refractivity contribution in [2.24, 2.45) is 0 Å². The van der Waals surface area contributed by atoms with Crippen molar-refractivity contribution in [3.05, 3.63) is 86.8 Å². The largest absolute Gasteiger partial charge is 0.494 e. The van der Waals surface area contributed by atoms with Gasteiger partial charge in [0.1, 0.15) is 23.7 Å². The van der Waals surface area contributed by atoms with Crippen LogP contribution in [0.25, 0.3) is 6.08 Å². The highest BCUT2D eigenvalue weighted by Gasteiger charge is 2.37. The maximum absolute atomic E-state index is 14.0. The van der Waals surface area contributed by atoms with E-state index in [4.69, 9.17) is 14.2 Å². The summed E-state index contributed by atoms with van der Waals surface area (Å²) in [4.78, 5) is 39.2. The van der Waals surface area contributed by atoms with Gasteiger partial charge in [-0.2, -0.15) is 0 Å². The lowest BCUT2D eigenvalue weighted by Gasteiger charge is -2.26. The lowest BCUT2D eigenvalue weighted by atomic mass is 10.1. The SMILES string of the molecule is CCOc1ccc(N2C(=O)NC(=O)/C(=C\c3cc(I)c(OCc4ccccc4F)c(OC)c3)C2=O)cc1. The molecule has 0 aliphatic carbocycles. The number of halogens is 2. The number of hydrogen-bond donors (Lipinski definition) is 1. The maximum atomic E-state index is 14.0. The highest BCUT2D eigenvalue weighted by atomic mass is 127. The highest BCUT2D eigenvalue weighted by Crippen LogP contribution is 2.36. The number of urea groups is 1. The zero-order chi connectivity index (χ0) is 26.5. The minimum absolute atomic E-state index is 0.0144. The number of hydrogen-bond acceptors (Lipinski definition) is 6. The molecule has 1 aliphatic rings. The van der Waals surface area contributed by atoms with E-state index in [1.807, 2.05) is 29.5 Å². The van der Waals surface area contributed by atoms with E-state index in [9.17, 15) is 18.8 Å². The number of rotatable bonds is 8. The van der Waals surface area contributed by atoms with E-state index < -0.39 is 17.8 Å². The van der Waals surface area contributed by atoms with Gasteiger partial charge in [0, 0.05) is 5.56 Å². The van der Waals surface area contributed by atoms with Crippen molar-refractivity contribution >= 4 is 52.2 Å². The second-order valence-electron chi connectivity index (χ2n) is 7.80. The van der Waals surface area contributed by atoms with Gasteiger partial charge in [-0.3, -0.25) is 14.9 Å². The van der Waals surface area contributed by atoms with Crippen LogP contribution in [0.2, 0.25) is 0 Å². The molecule has 0 aromatic heterocycles. The number of ether oxygens (including phenoxy) is 3. The molecule has 0 atom stereocenters. The Bertz CT molecular complexity index is 1390. The van der Waals surface area contributed by atoms with Crippen LogP contribution in [0.1, 0.15) is 18.1 Å². The Labute approximate surface area is 226 Å². The van der Waals surface area contributed by atoms with Gasteiger partial charge >= 0.3 is 6.03 Å². The van der Waals surface area contributed by atoms with E-state index in [2.05, 4.69) is 5.32 Å². The number of benzene rings is 3. The summed E-state index contributed by atoms with van der Waals surface area (Å²) in [6, 6.07) is 15.1. The number of amides is 4. The number of nitrogens with one attached hydrogen (secondary N) is 1. The van der Waals surface area contributed by atoms with Crippen LogP contribution < -0.4 is 24.4 Å². The van der Waals surface area contributed by atoms with E-state index in [-0.39, 0.29) is 23.7 Å². The Balaban J connectivity index is 1.62. The van der Waals surface area contributed by atoms with Crippen LogP contribution in [0.3, 0.4) is 0 Å². The second kappa shape index (κ2) is 11.4. The first-order chi connectivity index (χ1) is 17.8. The molecular weight excluding hydrogens is 594 g/mol. The minimum atomic E-state index is -0.847. The number of carbonyl (C=O) groups excluding carboxylic acids is 3. The summed E-state index contributed by atoms with van der Waals surface area (Å²) in [5.41, 5.74) is 0.911. The molecule has 1 saturated heterocycles. The Morgan fingerprint density at radius 3 is 2.43 bits per heavy atom. The Morgan fingerprint density at radius 2 is 1.76 bits per heavy atom. The molecule has 0 unspecified atom stereocenters. The number of barbiturate groups is 1. The first kappa shape index (κ1) is 26.1. The molecule has 4 rings (SSSR count). The molecule has 3 aromatic rings. The molecule has 4 amide bonds. The van der Waals surface area contributed by atoms with E-state index in [0.29, 0.717) is 38.6 Å². The molecule has 1 N–H and O–H groups in total. The summed E-state index contributed by atoms with van der Waals surface area (Å²) in [7, 11) is 1.45. The van der Waals surface area contributed by atoms with Gasteiger partial charge in [0.25, 0.3) is 11.8 Å². The third-order valence-electron chi connectivity index (χ3n) is 5.40. The predicted molar refractivity (Wildman–Crippen MR) is 143 cm³/mol. The highest BCUT2D eigenvalue weighted by molar-refractivity contribution is 14.1. The fourth-order valence-electron chi connectivity index (χ4n) is 3.65. The third kappa shape index (κ3) is 5.74. The van der Waals surface area contributed by atoms with Gasteiger partial charge in [0.2, 0.25) is 0 Å². The van der Waals surface area contributed by atoms with Crippen LogP contribution in [0.4, 0.5) is 14.9 Å². The summed E-state index contributed by atoms with van der Waals surface area (Å²) in [6.45, 7) is 2.30. The predicted octanol–water partition coefficient (Wildman–Crippen LogP) is 5.08. The number of methoxy groups -OCH3 is 1. The number of nitrogens with zero attached hydrogens (tertiary/aromatic N) is 1. The van der Waals surface area contributed by atoms with Crippen LogP contribution in [-0.4, -0.2) is 31.6 Å². The minimum Gasteiger partial charge on any atom is -0.494 e. The average Bonchev–Trinajstić information content (AvgIpc) is 2.87. The van der Waals surface area contributed by atoms with Gasteiger partial charge in [-0.25, -0.2) is 14.1 Å². The number of anilines is 1. The van der Waals surface area contributed by atoms with Gasteiger partial charge in [-0.15, -0.1) is 0 Å². The molecule has 0 saturated carbocycles. The second-order valence-corrected chi connectivity index (χ2v) is 8.96. The zero-order valence-corrected chi connectivity index (χ0v) is 22.1. The van der Waals surface area contributed by atoms with Gasteiger partial charge in [0.15, 0.2) is 11.5 Å². The lowest BCUT2D eigenvalue weighted by Crippen LogP contribution is -2.54. The van der Waals surface area contributed by atoms with Crippen molar-refractivity contribution in [3.63, 3.8) is 0 Å². The molecule has 0 radical (unpaired) electrons. The summed E-state index contributed by atoms with van der Waals surface area (Å²) < 4.78 is 31.3. The van der Waals surface area contributed by atoms with Crippen LogP contribution >= 0.6 is 22.6 Å². The van der Waals surface area contributed by atoms with Crippen molar-refractivity contribution in [2.45, 2.75) is 13.5 Å². The molecule has 190 valence electrons. The fraction of sp³-hybridized carbons (Fsp3) is 0.148. The molecule has 0 bridgehead atoms. The van der Waals surface area contributed by atoms with Crippen molar-refractivity contribution in [1.29, 1.82) is 0 Å². The Kier molecular flexibility index (Phi) is 8.07. The lowest BCUT2D eigenvalue weighted by molar-refractivity contribution is -0.122. The summed E-state index contributed by atoms with van der Waals surface area (Å²) in [5.74, 6) is -0.664. The smallest absolute Gasteiger partial charge is 0.335 e. The summed E-state index contributed by atoms with van der Waals surface area (Å²) >= 11 is 2.03. The van der Waals surface area contributed by atoms with Crippen LogP contribution in [0.5, 0.6) is 17.2 Å². The summed E-state index contributed by atoms with van der Waals surface area (Å²) in [6.07, 6.45) is 1.37. The molecule has 1 heterocycles. The van der Waals surface area contributed by atoms with E-state index in [1.54, 1.807) is 54.6 Å². The molecule has 1 fully saturated rings. The number of carbonyl (C=O) groups is 3. The Hall–Kier alpha value is -3.93. The molecular formula is C27H22FIN2O6. The monoisotopic (exact) mass is 616 g/mol. The van der Waals surface area contributed by atoms with Crippen LogP contribution in [-0.2, 0) is 16.2 Å². The van der Waals surface area contributed by atoms with E-state index in [0.717, 1.165) is 4.90 Å². The molecule has 37 heavy (non-hydrogen) atoms. The van der Waals surface area contributed by atoms with Crippen molar-refractivity contribution < 1.29 is 33.0 Å². The first-order valence-electron chi connectivity index (χ1n) is 11.2. The zero-order valence-electron chi connectivity index (χ0n) is 19.9. The maximum Gasteiger partial charge on any atom is 0.335 e. The molecule has 0 spiro atoms.